The molecule has 132 valence electrons. The minimum absolute atomic E-state index is 0.160. The molecule has 0 aliphatic rings. The predicted octanol–water partition coefficient (Wildman–Crippen LogP) is 0.907. The van der Waals surface area contributed by atoms with Gasteiger partial charge in [-0.05, 0) is 13.0 Å². The zero-order valence-corrected chi connectivity index (χ0v) is 16.6. The van der Waals surface area contributed by atoms with E-state index < -0.39 is 10.1 Å². The first kappa shape index (κ1) is 25.7. The van der Waals surface area contributed by atoms with E-state index in [4.69, 9.17) is 4.55 Å². The molecule has 0 aromatic heterocycles. The van der Waals surface area contributed by atoms with Crippen LogP contribution in [0.5, 0.6) is 0 Å². The molecule has 0 heterocycles. The lowest BCUT2D eigenvalue weighted by molar-refractivity contribution is -0.849. The van der Waals surface area contributed by atoms with Crippen LogP contribution in [0.25, 0.3) is 0 Å². The largest absolute Gasteiger partial charge is 0.333 e. The Morgan fingerprint density at radius 1 is 0.905 bits per heavy atom. The SMILES string of the molecule is CC(C)NCCCS(=O)(=O)O.C[N+](C)(C)C.C[N+](C)(C)C. The monoisotopic (exact) mass is 329 g/mol. The van der Waals surface area contributed by atoms with Crippen LogP contribution in [-0.4, -0.2) is 96.7 Å². The van der Waals surface area contributed by atoms with E-state index >= 15 is 0 Å². The van der Waals surface area contributed by atoms with Crippen molar-refractivity contribution >= 4 is 10.1 Å². The number of nitrogens with one attached hydrogen (secondary N) is 1. The molecule has 0 saturated carbocycles. The number of quaternary nitrogens is 2. The van der Waals surface area contributed by atoms with Crippen LogP contribution in [-0.2, 0) is 10.1 Å². The van der Waals surface area contributed by atoms with Gasteiger partial charge in [0.05, 0.1) is 62.1 Å². The second-order valence-electron chi connectivity index (χ2n) is 8.11. The molecule has 0 bridgehead atoms. The van der Waals surface area contributed by atoms with Crippen LogP contribution in [0.15, 0.2) is 0 Å². The van der Waals surface area contributed by atoms with Crippen molar-refractivity contribution in [2.75, 3.05) is 68.7 Å². The van der Waals surface area contributed by atoms with E-state index in [-0.39, 0.29) is 5.75 Å². The Labute approximate surface area is 133 Å². The minimum atomic E-state index is -3.76. The summed E-state index contributed by atoms with van der Waals surface area (Å²) >= 11 is 0. The fourth-order valence-corrected chi connectivity index (χ4v) is 1.15. The standard InChI is InChI=1S/C6H15NO3S.2C4H12N/c1-6(2)7-4-3-5-11(8,9)10;2*1-5(2,3)4/h6-7H,3-5H2,1-2H3,(H,8,9,10);2*1-4H3/q;2*+1. The van der Waals surface area contributed by atoms with E-state index in [1.807, 2.05) is 13.8 Å². The quantitative estimate of drug-likeness (QED) is 0.447. The van der Waals surface area contributed by atoms with Gasteiger partial charge in [0.15, 0.2) is 0 Å². The van der Waals surface area contributed by atoms with E-state index in [1.54, 1.807) is 0 Å². The molecule has 6 nitrogen and oxygen atoms in total. The summed E-state index contributed by atoms with van der Waals surface area (Å²) in [7, 11) is 13.2. The Hall–Kier alpha value is -0.210. The van der Waals surface area contributed by atoms with Crippen molar-refractivity contribution in [3.05, 3.63) is 0 Å². The van der Waals surface area contributed by atoms with E-state index in [0.29, 0.717) is 19.0 Å². The molecule has 0 amide bonds. The molecule has 7 heteroatoms. The molecular formula is C14H39N3O3S+2. The molecule has 0 aliphatic carbocycles. The summed E-state index contributed by atoms with van der Waals surface area (Å²) < 4.78 is 30.7. The van der Waals surface area contributed by atoms with E-state index in [9.17, 15) is 8.42 Å². The zero-order valence-electron chi connectivity index (χ0n) is 15.8. The number of hydrogen-bond acceptors (Lipinski definition) is 3. The lowest BCUT2D eigenvalue weighted by Gasteiger charge is -2.14. The van der Waals surface area contributed by atoms with Gasteiger partial charge < -0.3 is 14.3 Å². The van der Waals surface area contributed by atoms with Crippen LogP contribution in [0.4, 0.5) is 0 Å². The first-order chi connectivity index (χ1) is 8.92. The van der Waals surface area contributed by atoms with Gasteiger partial charge >= 0.3 is 0 Å². The molecule has 0 fully saturated rings. The highest BCUT2D eigenvalue weighted by atomic mass is 32.2. The van der Waals surface area contributed by atoms with Gasteiger partial charge in [0.25, 0.3) is 10.1 Å². The summed E-state index contributed by atoms with van der Waals surface area (Å²) in [5.41, 5.74) is 0. The molecular weight excluding hydrogens is 290 g/mol. The first-order valence-electron chi connectivity index (χ1n) is 7.18. The second-order valence-corrected chi connectivity index (χ2v) is 9.69. The minimum Gasteiger partial charge on any atom is -0.333 e. The van der Waals surface area contributed by atoms with Gasteiger partial charge in [0.1, 0.15) is 0 Å². The summed E-state index contributed by atoms with van der Waals surface area (Å²) in [6, 6.07) is 0.358. The number of rotatable bonds is 5. The summed E-state index contributed by atoms with van der Waals surface area (Å²) in [5, 5.41) is 3.04. The first-order valence-corrected chi connectivity index (χ1v) is 8.79. The maximum atomic E-state index is 10.2. The van der Waals surface area contributed by atoms with Crippen molar-refractivity contribution in [1.29, 1.82) is 0 Å². The zero-order chi connectivity index (χ0) is 17.9. The maximum Gasteiger partial charge on any atom is 0.264 e. The molecule has 0 atom stereocenters. The molecule has 0 saturated heterocycles. The van der Waals surface area contributed by atoms with Gasteiger partial charge in [-0.3, -0.25) is 4.55 Å². The summed E-state index contributed by atoms with van der Waals surface area (Å²) in [6.07, 6.45) is 0.455. The Kier molecular flexibility index (Phi) is 13.9. The highest BCUT2D eigenvalue weighted by Gasteiger charge is 2.02. The molecule has 0 aromatic rings. The lowest BCUT2D eigenvalue weighted by atomic mass is 10.4. The fraction of sp³-hybridized carbons (Fsp3) is 1.00. The van der Waals surface area contributed by atoms with Crippen molar-refractivity contribution in [1.82, 2.24) is 5.32 Å². The molecule has 0 rings (SSSR count). The normalized spacial score (nSPS) is 12.2. The second kappa shape index (κ2) is 11.4. The van der Waals surface area contributed by atoms with Crippen LogP contribution in [0.2, 0.25) is 0 Å². The predicted molar refractivity (Wildman–Crippen MR) is 92.1 cm³/mol. The van der Waals surface area contributed by atoms with Crippen molar-refractivity contribution < 1.29 is 21.9 Å². The van der Waals surface area contributed by atoms with Crippen LogP contribution in [0.1, 0.15) is 20.3 Å². The summed E-state index contributed by atoms with van der Waals surface area (Å²) in [6.45, 7) is 4.58. The van der Waals surface area contributed by atoms with Crippen molar-refractivity contribution in [3.63, 3.8) is 0 Å². The van der Waals surface area contributed by atoms with Crippen molar-refractivity contribution in [3.8, 4) is 0 Å². The Balaban J connectivity index is -0.000000270. The van der Waals surface area contributed by atoms with Crippen molar-refractivity contribution in [2.24, 2.45) is 0 Å². The average Bonchev–Trinajstić information content (AvgIpc) is 2.04. The Morgan fingerprint density at radius 2 is 1.19 bits per heavy atom. The topological polar surface area (TPSA) is 66.4 Å². The Bertz CT molecular complexity index is 304. The van der Waals surface area contributed by atoms with Gasteiger partial charge in [0, 0.05) is 6.04 Å². The third-order valence-corrected chi connectivity index (χ3v) is 1.94. The van der Waals surface area contributed by atoms with Gasteiger partial charge in [-0.1, -0.05) is 13.8 Å². The summed E-state index contributed by atoms with van der Waals surface area (Å²) in [4.78, 5) is 0. The molecule has 0 aliphatic heterocycles. The summed E-state index contributed by atoms with van der Waals surface area (Å²) in [5.74, 6) is -0.160. The number of nitrogens with zero attached hydrogens (tertiary/aromatic N) is 2. The highest BCUT2D eigenvalue weighted by Crippen LogP contribution is 1.87. The van der Waals surface area contributed by atoms with Gasteiger partial charge in [-0.25, -0.2) is 0 Å². The van der Waals surface area contributed by atoms with Crippen LogP contribution >= 0.6 is 0 Å². The van der Waals surface area contributed by atoms with Gasteiger partial charge in [-0.2, -0.15) is 8.42 Å². The van der Waals surface area contributed by atoms with Crippen LogP contribution in [0.3, 0.4) is 0 Å². The molecule has 0 aromatic carbocycles. The molecule has 0 unspecified atom stereocenters. The molecule has 2 N–H and O–H groups in total. The maximum absolute atomic E-state index is 10.2. The van der Waals surface area contributed by atoms with Crippen molar-refractivity contribution in [2.45, 2.75) is 26.3 Å². The van der Waals surface area contributed by atoms with E-state index in [0.717, 1.165) is 8.97 Å². The molecule has 0 spiro atoms. The average molecular weight is 330 g/mol. The third kappa shape index (κ3) is 103. The smallest absolute Gasteiger partial charge is 0.264 e. The van der Waals surface area contributed by atoms with Crippen LogP contribution in [0, 0.1) is 0 Å². The molecule has 21 heavy (non-hydrogen) atoms. The van der Waals surface area contributed by atoms with E-state index in [2.05, 4.69) is 61.7 Å². The van der Waals surface area contributed by atoms with Gasteiger partial charge in [0.2, 0.25) is 0 Å². The fourth-order valence-electron chi connectivity index (χ4n) is 0.645. The van der Waals surface area contributed by atoms with Gasteiger partial charge in [-0.15, -0.1) is 0 Å². The lowest BCUT2D eigenvalue weighted by Crippen LogP contribution is -2.27. The highest BCUT2D eigenvalue weighted by molar-refractivity contribution is 7.85. The van der Waals surface area contributed by atoms with E-state index in [1.165, 1.54) is 0 Å². The third-order valence-electron chi connectivity index (χ3n) is 1.13. The Morgan fingerprint density at radius 3 is 1.38 bits per heavy atom. The molecule has 0 radical (unpaired) electrons. The van der Waals surface area contributed by atoms with Crippen LogP contribution < -0.4 is 5.32 Å². The number of hydrogen-bond donors (Lipinski definition) is 2.